The van der Waals surface area contributed by atoms with Crippen molar-refractivity contribution in [1.82, 2.24) is 9.97 Å². The zero-order valence-corrected chi connectivity index (χ0v) is 4.73. The van der Waals surface area contributed by atoms with E-state index in [2.05, 4.69) is 9.97 Å². The van der Waals surface area contributed by atoms with E-state index in [9.17, 15) is 0 Å². The lowest BCUT2D eigenvalue weighted by molar-refractivity contribution is 0.478. The largest absolute Gasteiger partial charge is 0.516 e. The summed E-state index contributed by atoms with van der Waals surface area (Å²) in [5.74, 6) is 0. The van der Waals surface area contributed by atoms with E-state index in [1.165, 1.54) is 12.4 Å². The van der Waals surface area contributed by atoms with Crippen molar-refractivity contribution >= 4 is 6.08 Å². The number of rotatable bonds is 1. The van der Waals surface area contributed by atoms with Gasteiger partial charge < -0.3 is 5.11 Å². The van der Waals surface area contributed by atoms with Crippen LogP contribution in [0, 0.1) is 0 Å². The van der Waals surface area contributed by atoms with Crippen LogP contribution in [0.1, 0.15) is 5.69 Å². The van der Waals surface area contributed by atoms with Gasteiger partial charge in [-0.25, -0.2) is 9.97 Å². The maximum Gasteiger partial charge on any atom is 0.115 e. The predicted molar refractivity (Wildman–Crippen MR) is 33.7 cm³/mol. The van der Waals surface area contributed by atoms with Gasteiger partial charge in [0.25, 0.3) is 0 Å². The Bertz CT molecular complexity index is 195. The molecule has 0 atom stereocenters. The van der Waals surface area contributed by atoms with E-state index in [4.69, 9.17) is 5.11 Å². The minimum Gasteiger partial charge on any atom is -0.516 e. The van der Waals surface area contributed by atoms with E-state index in [0.29, 0.717) is 5.69 Å². The number of aliphatic hydroxyl groups excluding tert-OH is 1. The fourth-order valence-electron chi connectivity index (χ4n) is 0.476. The molecule has 0 aliphatic rings. The van der Waals surface area contributed by atoms with E-state index in [1.807, 2.05) is 0 Å². The molecule has 0 spiro atoms. The molecule has 1 aromatic heterocycles. The maximum atomic E-state index is 8.28. The average molecular weight is 122 g/mol. The van der Waals surface area contributed by atoms with Crippen LogP contribution in [0.15, 0.2) is 24.9 Å². The summed E-state index contributed by atoms with van der Waals surface area (Å²) in [4.78, 5) is 7.51. The Labute approximate surface area is 52.7 Å². The van der Waals surface area contributed by atoms with Crippen LogP contribution < -0.4 is 0 Å². The molecule has 3 nitrogen and oxygen atoms in total. The summed E-state index contributed by atoms with van der Waals surface area (Å²) in [6.45, 7) is 0. The molecule has 0 unspecified atom stereocenters. The second kappa shape index (κ2) is 2.81. The Morgan fingerprint density at radius 3 is 3.00 bits per heavy atom. The third-order valence-electron chi connectivity index (χ3n) is 0.850. The van der Waals surface area contributed by atoms with Crippen LogP contribution in [0.4, 0.5) is 0 Å². The summed E-state index contributed by atoms with van der Waals surface area (Å²) in [5, 5.41) is 8.28. The minimum absolute atomic E-state index is 0.701. The molecular weight excluding hydrogens is 116 g/mol. The lowest BCUT2D eigenvalue weighted by atomic mass is 10.4. The number of aliphatic hydroxyl groups is 1. The van der Waals surface area contributed by atoms with Crippen molar-refractivity contribution in [1.29, 1.82) is 0 Å². The van der Waals surface area contributed by atoms with Gasteiger partial charge in [-0.2, -0.15) is 0 Å². The Morgan fingerprint density at radius 2 is 2.44 bits per heavy atom. The molecule has 0 saturated heterocycles. The molecule has 0 aliphatic heterocycles. The van der Waals surface area contributed by atoms with Gasteiger partial charge in [0.1, 0.15) is 6.33 Å². The van der Waals surface area contributed by atoms with E-state index in [-0.39, 0.29) is 0 Å². The fourth-order valence-corrected chi connectivity index (χ4v) is 0.476. The summed E-state index contributed by atoms with van der Waals surface area (Å²) in [6.07, 6.45) is 5.47. The Hall–Kier alpha value is -1.38. The topological polar surface area (TPSA) is 46.0 Å². The molecule has 1 rings (SSSR count). The van der Waals surface area contributed by atoms with Gasteiger partial charge in [0.2, 0.25) is 0 Å². The number of hydrogen-bond donors (Lipinski definition) is 1. The lowest BCUT2D eigenvalue weighted by Gasteiger charge is -1.85. The van der Waals surface area contributed by atoms with E-state index in [0.717, 1.165) is 6.26 Å². The van der Waals surface area contributed by atoms with Crippen LogP contribution in [-0.4, -0.2) is 15.1 Å². The molecule has 1 aromatic rings. The van der Waals surface area contributed by atoms with Gasteiger partial charge in [0, 0.05) is 6.20 Å². The summed E-state index contributed by atoms with van der Waals surface area (Å²) in [5.41, 5.74) is 0.701. The van der Waals surface area contributed by atoms with Crippen molar-refractivity contribution in [2.24, 2.45) is 0 Å². The first-order chi connectivity index (χ1) is 4.43. The van der Waals surface area contributed by atoms with Crippen LogP contribution in [0.5, 0.6) is 0 Å². The molecule has 9 heavy (non-hydrogen) atoms. The third-order valence-corrected chi connectivity index (χ3v) is 0.850. The van der Waals surface area contributed by atoms with Gasteiger partial charge in [0.05, 0.1) is 12.0 Å². The Morgan fingerprint density at radius 1 is 1.56 bits per heavy atom. The highest BCUT2D eigenvalue weighted by Crippen LogP contribution is 1.91. The molecule has 0 aromatic carbocycles. The monoisotopic (exact) mass is 122 g/mol. The molecular formula is C6H6N2O. The first kappa shape index (κ1) is 5.75. The van der Waals surface area contributed by atoms with Gasteiger partial charge in [-0.05, 0) is 12.1 Å². The molecule has 0 aliphatic carbocycles. The summed E-state index contributed by atoms with van der Waals surface area (Å²) in [7, 11) is 0. The van der Waals surface area contributed by atoms with E-state index in [1.54, 1.807) is 12.3 Å². The van der Waals surface area contributed by atoms with Crippen molar-refractivity contribution in [3.05, 3.63) is 30.5 Å². The summed E-state index contributed by atoms with van der Waals surface area (Å²) < 4.78 is 0. The lowest BCUT2D eigenvalue weighted by Crippen LogP contribution is -1.78. The Kier molecular flexibility index (Phi) is 1.80. The summed E-state index contributed by atoms with van der Waals surface area (Å²) in [6, 6.07) is 1.70. The van der Waals surface area contributed by atoms with E-state index < -0.39 is 0 Å². The predicted octanol–water partition coefficient (Wildman–Crippen LogP) is 1.01. The first-order valence-corrected chi connectivity index (χ1v) is 2.50. The molecule has 0 bridgehead atoms. The summed E-state index contributed by atoms with van der Waals surface area (Å²) >= 11 is 0. The normalized spacial score (nSPS) is 10.2. The maximum absolute atomic E-state index is 8.28. The van der Waals surface area contributed by atoms with Gasteiger partial charge in [-0.3, -0.25) is 0 Å². The number of hydrogen-bond acceptors (Lipinski definition) is 3. The molecule has 0 radical (unpaired) electrons. The SMILES string of the molecule is OC=Cc1ccncn1. The number of nitrogens with zero attached hydrogens (tertiary/aromatic N) is 2. The third kappa shape index (κ3) is 1.53. The van der Waals surface area contributed by atoms with Crippen LogP contribution >= 0.6 is 0 Å². The van der Waals surface area contributed by atoms with Crippen LogP contribution in [0.3, 0.4) is 0 Å². The highest BCUT2D eigenvalue weighted by atomic mass is 16.2. The van der Waals surface area contributed by atoms with Crippen LogP contribution in [-0.2, 0) is 0 Å². The number of aromatic nitrogens is 2. The van der Waals surface area contributed by atoms with Gasteiger partial charge in [-0.1, -0.05) is 0 Å². The van der Waals surface area contributed by atoms with Crippen molar-refractivity contribution in [2.45, 2.75) is 0 Å². The highest BCUT2D eigenvalue weighted by molar-refractivity contribution is 5.41. The molecule has 0 fully saturated rings. The highest BCUT2D eigenvalue weighted by Gasteiger charge is 1.81. The van der Waals surface area contributed by atoms with Crippen LogP contribution in [0.2, 0.25) is 0 Å². The quantitative estimate of drug-likeness (QED) is 0.565. The smallest absolute Gasteiger partial charge is 0.115 e. The standard InChI is InChI=1S/C6H6N2O/c9-4-2-6-1-3-7-5-8-6/h1-5,9H. The first-order valence-electron chi connectivity index (χ1n) is 2.50. The molecule has 3 heteroatoms. The molecule has 0 amide bonds. The average Bonchev–Trinajstić information content (AvgIpc) is 1.91. The zero-order chi connectivity index (χ0) is 6.53. The van der Waals surface area contributed by atoms with Crippen molar-refractivity contribution < 1.29 is 5.11 Å². The van der Waals surface area contributed by atoms with Crippen molar-refractivity contribution in [2.75, 3.05) is 0 Å². The molecule has 1 N–H and O–H groups in total. The van der Waals surface area contributed by atoms with Gasteiger partial charge in [0.15, 0.2) is 0 Å². The molecule has 1 heterocycles. The Balaban J connectivity index is 2.85. The zero-order valence-electron chi connectivity index (χ0n) is 4.73. The molecule has 46 valence electrons. The van der Waals surface area contributed by atoms with Crippen LogP contribution in [0.25, 0.3) is 6.08 Å². The van der Waals surface area contributed by atoms with Gasteiger partial charge >= 0.3 is 0 Å². The minimum atomic E-state index is 0.701. The van der Waals surface area contributed by atoms with Crippen molar-refractivity contribution in [3.8, 4) is 0 Å². The molecule has 0 saturated carbocycles. The van der Waals surface area contributed by atoms with E-state index >= 15 is 0 Å². The second-order valence-corrected chi connectivity index (χ2v) is 1.45. The van der Waals surface area contributed by atoms with Gasteiger partial charge in [-0.15, -0.1) is 0 Å². The fraction of sp³-hybridized carbons (Fsp3) is 0. The van der Waals surface area contributed by atoms with Crippen molar-refractivity contribution in [3.63, 3.8) is 0 Å². The second-order valence-electron chi connectivity index (χ2n) is 1.45.